The van der Waals surface area contributed by atoms with Crippen molar-refractivity contribution in [2.45, 2.75) is 58.4 Å². The Morgan fingerprint density at radius 2 is 1.76 bits per heavy atom. The van der Waals surface area contributed by atoms with Crippen LogP contribution in [0.4, 0.5) is 0 Å². The Bertz CT molecular complexity index is 488. The molecule has 1 aliphatic heterocycles. The molecular formula is C19H36N6. The number of aliphatic imine (C=N–C) groups is 1. The van der Waals surface area contributed by atoms with Crippen molar-refractivity contribution in [1.82, 2.24) is 25.1 Å². The van der Waals surface area contributed by atoms with Crippen LogP contribution in [0.25, 0.3) is 0 Å². The zero-order chi connectivity index (χ0) is 17.7. The first-order valence-corrected chi connectivity index (χ1v) is 9.94. The van der Waals surface area contributed by atoms with Crippen LogP contribution in [-0.4, -0.2) is 60.2 Å². The predicted molar refractivity (Wildman–Crippen MR) is 105 cm³/mol. The van der Waals surface area contributed by atoms with Crippen molar-refractivity contribution >= 4 is 5.96 Å². The molecule has 6 nitrogen and oxygen atoms in total. The van der Waals surface area contributed by atoms with Gasteiger partial charge in [0.15, 0.2) is 5.96 Å². The maximum Gasteiger partial charge on any atom is 0.190 e. The molecular weight excluding hydrogens is 312 g/mol. The monoisotopic (exact) mass is 348 g/mol. The van der Waals surface area contributed by atoms with Gasteiger partial charge in [0.2, 0.25) is 0 Å². The quantitative estimate of drug-likeness (QED) is 0.409. The van der Waals surface area contributed by atoms with Gasteiger partial charge in [0.1, 0.15) is 5.82 Å². The molecule has 1 aromatic rings. The smallest absolute Gasteiger partial charge is 0.190 e. The Balaban J connectivity index is 1.49. The summed E-state index contributed by atoms with van der Waals surface area (Å²) in [4.78, 5) is 11.2. The lowest BCUT2D eigenvalue weighted by Crippen LogP contribution is -2.39. The third-order valence-corrected chi connectivity index (χ3v) is 4.91. The maximum atomic E-state index is 4.31. The topological polar surface area (TPSA) is 57.5 Å². The fourth-order valence-corrected chi connectivity index (χ4v) is 3.34. The molecule has 2 heterocycles. The Kier molecular flexibility index (Phi) is 9.41. The van der Waals surface area contributed by atoms with Crippen molar-refractivity contribution in [3.05, 3.63) is 18.2 Å². The zero-order valence-electron chi connectivity index (χ0n) is 16.1. The van der Waals surface area contributed by atoms with E-state index in [1.54, 1.807) is 0 Å². The van der Waals surface area contributed by atoms with Gasteiger partial charge in [-0.2, -0.15) is 0 Å². The van der Waals surface area contributed by atoms with Crippen molar-refractivity contribution in [2.24, 2.45) is 4.99 Å². The van der Waals surface area contributed by atoms with E-state index in [2.05, 4.69) is 37.0 Å². The first-order valence-electron chi connectivity index (χ1n) is 9.94. The first kappa shape index (κ1) is 19.8. The van der Waals surface area contributed by atoms with Gasteiger partial charge in [-0.3, -0.25) is 4.99 Å². The Hall–Kier alpha value is -1.56. The van der Waals surface area contributed by atoms with E-state index in [1.807, 2.05) is 19.4 Å². The lowest BCUT2D eigenvalue weighted by molar-refractivity contribution is 0.282. The van der Waals surface area contributed by atoms with Crippen molar-refractivity contribution < 1.29 is 0 Å². The summed E-state index contributed by atoms with van der Waals surface area (Å²) in [6, 6.07) is 0. The van der Waals surface area contributed by atoms with Crippen molar-refractivity contribution in [1.29, 1.82) is 0 Å². The summed E-state index contributed by atoms with van der Waals surface area (Å²) in [7, 11) is 1.85. The van der Waals surface area contributed by atoms with Crippen LogP contribution in [0.15, 0.2) is 17.4 Å². The summed E-state index contributed by atoms with van der Waals surface area (Å²) < 4.78 is 2.20. The second kappa shape index (κ2) is 11.9. The number of rotatable bonds is 9. The fourth-order valence-electron chi connectivity index (χ4n) is 3.34. The predicted octanol–water partition coefficient (Wildman–Crippen LogP) is 2.40. The second-order valence-electron chi connectivity index (χ2n) is 6.91. The van der Waals surface area contributed by atoms with Gasteiger partial charge in [-0.25, -0.2) is 4.98 Å². The molecule has 0 saturated carbocycles. The van der Waals surface area contributed by atoms with Gasteiger partial charge in [-0.1, -0.05) is 12.8 Å². The van der Waals surface area contributed by atoms with Gasteiger partial charge < -0.3 is 20.1 Å². The summed E-state index contributed by atoms with van der Waals surface area (Å²) in [6.07, 6.45) is 12.9. The number of likely N-dealkylation sites (tertiary alicyclic amines) is 1. The van der Waals surface area contributed by atoms with Gasteiger partial charge in [-0.05, 0) is 58.7 Å². The van der Waals surface area contributed by atoms with Crippen LogP contribution >= 0.6 is 0 Å². The van der Waals surface area contributed by atoms with Crippen molar-refractivity contribution in [3.8, 4) is 0 Å². The van der Waals surface area contributed by atoms with Crippen LogP contribution in [0, 0.1) is 6.92 Å². The normalized spacial score (nSPS) is 16.6. The molecule has 6 heteroatoms. The van der Waals surface area contributed by atoms with E-state index < -0.39 is 0 Å². The van der Waals surface area contributed by atoms with Crippen LogP contribution in [0.1, 0.15) is 50.8 Å². The van der Waals surface area contributed by atoms with Gasteiger partial charge in [0.25, 0.3) is 0 Å². The number of nitrogens with one attached hydrogen (secondary N) is 2. The van der Waals surface area contributed by atoms with E-state index in [0.29, 0.717) is 0 Å². The molecule has 25 heavy (non-hydrogen) atoms. The lowest BCUT2D eigenvalue weighted by Gasteiger charge is -2.20. The summed E-state index contributed by atoms with van der Waals surface area (Å²) >= 11 is 0. The van der Waals surface area contributed by atoms with E-state index in [4.69, 9.17) is 0 Å². The van der Waals surface area contributed by atoms with Crippen LogP contribution in [0.5, 0.6) is 0 Å². The molecule has 2 N–H and O–H groups in total. The lowest BCUT2D eigenvalue weighted by atomic mass is 10.2. The molecule has 0 unspecified atom stereocenters. The van der Waals surface area contributed by atoms with Gasteiger partial charge in [0.05, 0.1) is 0 Å². The number of aryl methyl sites for hydroxylation is 2. The highest BCUT2D eigenvalue weighted by atomic mass is 15.2. The average Bonchev–Trinajstić information content (AvgIpc) is 2.86. The van der Waals surface area contributed by atoms with E-state index in [1.165, 1.54) is 51.7 Å². The molecule has 0 aliphatic carbocycles. The maximum absolute atomic E-state index is 4.31. The Labute approximate surface area is 153 Å². The van der Waals surface area contributed by atoms with Crippen molar-refractivity contribution in [3.63, 3.8) is 0 Å². The number of unbranched alkanes of at least 4 members (excludes halogenated alkanes) is 1. The summed E-state index contributed by atoms with van der Waals surface area (Å²) in [5.41, 5.74) is 0. The SMILES string of the molecule is CN=C(NCCCCn1ccnc1C)NCCCN1CCCCCC1. The van der Waals surface area contributed by atoms with E-state index >= 15 is 0 Å². The highest BCUT2D eigenvalue weighted by Crippen LogP contribution is 2.09. The molecule has 0 aromatic carbocycles. The number of imidazole rings is 1. The number of aromatic nitrogens is 2. The number of guanidine groups is 1. The second-order valence-corrected chi connectivity index (χ2v) is 6.91. The van der Waals surface area contributed by atoms with Crippen LogP contribution in [0.3, 0.4) is 0 Å². The largest absolute Gasteiger partial charge is 0.356 e. The fraction of sp³-hybridized carbons (Fsp3) is 0.789. The molecule has 142 valence electrons. The molecule has 0 bridgehead atoms. The third kappa shape index (κ3) is 7.90. The summed E-state index contributed by atoms with van der Waals surface area (Å²) in [6.45, 7) is 8.80. The summed E-state index contributed by atoms with van der Waals surface area (Å²) in [5, 5.41) is 6.85. The molecule has 0 atom stereocenters. The van der Waals surface area contributed by atoms with Crippen LogP contribution < -0.4 is 10.6 Å². The minimum absolute atomic E-state index is 0.926. The highest BCUT2D eigenvalue weighted by molar-refractivity contribution is 5.79. The number of nitrogens with zero attached hydrogens (tertiary/aromatic N) is 4. The summed E-state index contributed by atoms with van der Waals surface area (Å²) in [5.74, 6) is 2.02. The van der Waals surface area contributed by atoms with Gasteiger partial charge in [-0.15, -0.1) is 0 Å². The first-order chi connectivity index (χ1) is 12.3. The average molecular weight is 349 g/mol. The van der Waals surface area contributed by atoms with Gasteiger partial charge in [0, 0.05) is 39.1 Å². The number of hydrogen-bond acceptors (Lipinski definition) is 3. The molecule has 1 fully saturated rings. The van der Waals surface area contributed by atoms with E-state index in [0.717, 1.165) is 44.3 Å². The van der Waals surface area contributed by atoms with Crippen LogP contribution in [-0.2, 0) is 6.54 Å². The highest BCUT2D eigenvalue weighted by Gasteiger charge is 2.08. The molecule has 1 saturated heterocycles. The molecule has 1 aliphatic rings. The number of hydrogen-bond donors (Lipinski definition) is 2. The minimum Gasteiger partial charge on any atom is -0.356 e. The standard InChI is InChI=1S/C19H36N6/c1-18-21-12-17-25(18)16-8-5-10-22-19(20-2)23-11-9-15-24-13-6-3-4-7-14-24/h12,17H,3-11,13-16H2,1-2H3,(H2,20,22,23). The van der Waals surface area contributed by atoms with E-state index in [9.17, 15) is 0 Å². The minimum atomic E-state index is 0.926. The zero-order valence-corrected chi connectivity index (χ0v) is 16.1. The molecule has 2 rings (SSSR count). The van der Waals surface area contributed by atoms with Crippen LogP contribution in [0.2, 0.25) is 0 Å². The molecule has 0 spiro atoms. The molecule has 0 radical (unpaired) electrons. The van der Waals surface area contributed by atoms with Gasteiger partial charge >= 0.3 is 0 Å². The third-order valence-electron chi connectivity index (χ3n) is 4.91. The van der Waals surface area contributed by atoms with E-state index in [-0.39, 0.29) is 0 Å². The Morgan fingerprint density at radius 3 is 2.40 bits per heavy atom. The molecule has 0 amide bonds. The molecule has 1 aromatic heterocycles. The Morgan fingerprint density at radius 1 is 1.04 bits per heavy atom. The van der Waals surface area contributed by atoms with Crippen molar-refractivity contribution in [2.75, 3.05) is 39.8 Å².